The number of rotatable bonds is 11. The molecule has 1 saturated heterocycles. The zero-order chi connectivity index (χ0) is 35.4. The number of carbonyl (C=O) groups excluding carboxylic acids is 1. The van der Waals surface area contributed by atoms with Crippen LogP contribution in [0.4, 0.5) is 36.4 Å². The van der Waals surface area contributed by atoms with E-state index in [4.69, 9.17) is 0 Å². The highest BCUT2D eigenvalue weighted by Crippen LogP contribution is 2.33. The first-order valence-electron chi connectivity index (χ1n) is 15.1. The maximum Gasteiger partial charge on any atom is 0.416 e. The number of nitrogens with zero attached hydrogens (tertiary/aromatic N) is 1. The fourth-order valence-corrected chi connectivity index (χ4v) is 7.83. The fraction of sp³-hybridized carbons (Fsp3) is 0.294. The molecule has 260 valence electrons. The van der Waals surface area contributed by atoms with Crippen LogP contribution >= 0.6 is 0 Å². The van der Waals surface area contributed by atoms with Crippen molar-refractivity contribution in [3.05, 3.63) is 130 Å². The number of pyridine rings is 1. The van der Waals surface area contributed by atoms with Crippen LogP contribution in [0.1, 0.15) is 46.6 Å². The smallest absolute Gasteiger partial charge is 0.324 e. The Morgan fingerprint density at radius 2 is 1.55 bits per heavy atom. The number of piperazine rings is 1. The number of anilines is 1. The summed E-state index contributed by atoms with van der Waals surface area (Å²) in [6.45, 7) is 0.598. The number of sulfone groups is 1. The fourth-order valence-electron chi connectivity index (χ4n) is 5.87. The van der Waals surface area contributed by atoms with Gasteiger partial charge in [-0.1, -0.05) is 24.3 Å². The van der Waals surface area contributed by atoms with Gasteiger partial charge in [0.05, 0.1) is 29.4 Å². The quantitative estimate of drug-likeness (QED) is 0.159. The average Bonchev–Trinajstić information content (AvgIpc) is 3.03. The normalized spacial score (nSPS) is 17.4. The van der Waals surface area contributed by atoms with E-state index in [2.05, 4.69) is 20.9 Å². The van der Waals surface area contributed by atoms with Crippen LogP contribution in [0, 0.1) is 23.3 Å². The van der Waals surface area contributed by atoms with Crippen LogP contribution in [0.15, 0.2) is 79.1 Å². The molecule has 7 nitrogen and oxygen atoms in total. The minimum Gasteiger partial charge on any atom is -0.324 e. The second-order valence-electron chi connectivity index (χ2n) is 11.8. The van der Waals surface area contributed by atoms with Crippen LogP contribution in [0.25, 0.3) is 0 Å². The number of hydrogen-bond acceptors (Lipinski definition) is 6. The Hall–Kier alpha value is -4.34. The molecule has 5 rings (SSSR count). The van der Waals surface area contributed by atoms with Gasteiger partial charge in [-0.05, 0) is 65.9 Å². The van der Waals surface area contributed by atoms with Gasteiger partial charge < -0.3 is 10.6 Å². The summed E-state index contributed by atoms with van der Waals surface area (Å²) >= 11 is 0. The molecule has 1 fully saturated rings. The topological polar surface area (TPSA) is 100 Å². The molecule has 0 spiro atoms. The van der Waals surface area contributed by atoms with Gasteiger partial charge in [0.15, 0.2) is 9.84 Å². The zero-order valence-corrected chi connectivity index (χ0v) is 26.6. The van der Waals surface area contributed by atoms with Gasteiger partial charge in [-0.15, -0.1) is 0 Å². The minimum absolute atomic E-state index is 0.0602. The molecule has 0 radical (unpaired) electrons. The van der Waals surface area contributed by atoms with Gasteiger partial charge >= 0.3 is 6.18 Å². The van der Waals surface area contributed by atoms with E-state index >= 15 is 4.39 Å². The number of alkyl halides is 3. The number of nitrogens with one attached hydrogen (secondary N) is 3. The molecule has 0 bridgehead atoms. The van der Waals surface area contributed by atoms with E-state index in [1.165, 1.54) is 18.3 Å². The van der Waals surface area contributed by atoms with E-state index in [1.807, 2.05) is 0 Å². The minimum atomic E-state index is -4.59. The molecule has 15 heteroatoms. The zero-order valence-electron chi connectivity index (χ0n) is 25.8. The highest BCUT2D eigenvalue weighted by molar-refractivity contribution is 7.92. The lowest BCUT2D eigenvalue weighted by molar-refractivity contribution is -0.137. The van der Waals surface area contributed by atoms with Crippen molar-refractivity contribution in [2.24, 2.45) is 0 Å². The van der Waals surface area contributed by atoms with E-state index in [9.17, 15) is 39.6 Å². The molecule has 0 unspecified atom stereocenters. The summed E-state index contributed by atoms with van der Waals surface area (Å²) in [4.78, 5) is 15.5. The van der Waals surface area contributed by atoms with Crippen LogP contribution in [-0.4, -0.2) is 43.8 Å². The maximum atomic E-state index is 15.3. The Morgan fingerprint density at radius 1 is 0.878 bits per heavy atom. The first-order chi connectivity index (χ1) is 23.2. The molecule has 2 atom stereocenters. The second kappa shape index (κ2) is 14.6. The Labute approximate surface area is 277 Å². The average molecular weight is 709 g/mol. The monoisotopic (exact) mass is 708 g/mol. The van der Waals surface area contributed by atoms with Gasteiger partial charge in [-0.2, -0.15) is 13.2 Å². The van der Waals surface area contributed by atoms with Crippen molar-refractivity contribution in [3.8, 4) is 0 Å². The number of carbonyl (C=O) groups is 1. The molecule has 1 aliphatic heterocycles. The van der Waals surface area contributed by atoms with Crippen LogP contribution in [0.5, 0.6) is 0 Å². The Bertz CT molecular complexity index is 1880. The van der Waals surface area contributed by atoms with E-state index < -0.39 is 67.3 Å². The summed E-state index contributed by atoms with van der Waals surface area (Å²) in [5, 5.41) is 8.60. The summed E-state index contributed by atoms with van der Waals surface area (Å²) in [5.74, 6) is -5.37. The van der Waals surface area contributed by atoms with Crippen molar-refractivity contribution in [3.63, 3.8) is 0 Å². The molecule has 1 aromatic heterocycles. The van der Waals surface area contributed by atoms with Gasteiger partial charge in [0.1, 0.15) is 28.1 Å². The molecule has 4 aromatic rings. The highest BCUT2D eigenvalue weighted by atomic mass is 32.2. The van der Waals surface area contributed by atoms with Crippen LogP contribution in [-0.2, 0) is 33.0 Å². The molecule has 0 aliphatic carbocycles. The highest BCUT2D eigenvalue weighted by Gasteiger charge is 2.44. The van der Waals surface area contributed by atoms with Crippen molar-refractivity contribution in [2.45, 2.75) is 42.0 Å². The van der Waals surface area contributed by atoms with E-state index in [0.29, 0.717) is 18.2 Å². The predicted octanol–water partition coefficient (Wildman–Crippen LogP) is 6.25. The van der Waals surface area contributed by atoms with E-state index in [1.54, 1.807) is 0 Å². The lowest BCUT2D eigenvalue weighted by atomic mass is 9.88. The number of hydrogen-bond donors (Lipinski definition) is 3. The number of aromatic nitrogens is 1. The second-order valence-corrected chi connectivity index (χ2v) is 14.1. The van der Waals surface area contributed by atoms with Crippen molar-refractivity contribution >= 4 is 21.4 Å². The van der Waals surface area contributed by atoms with Crippen molar-refractivity contribution in [2.75, 3.05) is 25.0 Å². The Kier molecular flexibility index (Phi) is 10.7. The van der Waals surface area contributed by atoms with Crippen molar-refractivity contribution < 1.29 is 43.9 Å². The predicted molar refractivity (Wildman–Crippen MR) is 168 cm³/mol. The summed E-state index contributed by atoms with van der Waals surface area (Å²) < 4.78 is 124. The van der Waals surface area contributed by atoms with Gasteiger partial charge in [-0.3, -0.25) is 15.1 Å². The lowest BCUT2D eigenvalue weighted by Crippen LogP contribution is -2.63. The van der Waals surface area contributed by atoms with Crippen LogP contribution in [0.2, 0.25) is 0 Å². The van der Waals surface area contributed by atoms with E-state index in [-0.39, 0.29) is 54.7 Å². The molecular formula is C34H31F7N4O3S. The Morgan fingerprint density at radius 3 is 2.16 bits per heavy atom. The standard InChI is InChI=1S/C34H31F7N4O3S/c35-25-7-3-22(4-8-25)29(23-13-26(36)15-27(37)14-23)16-32(46)45-31-18-43-17-30(38)28(31)9-10-33(20-42-11-12-44-33)49(47,48)19-21-1-5-24(6-2-21)34(39,40)41/h1-8,13-15,17-18,29,42,44H,9-12,16,19-20H2,(H,45,46)/t29-,33-/m0/s1. The van der Waals surface area contributed by atoms with Gasteiger partial charge in [0, 0.05) is 43.6 Å². The first-order valence-corrected chi connectivity index (χ1v) is 16.8. The van der Waals surface area contributed by atoms with Gasteiger partial charge in [0.2, 0.25) is 5.91 Å². The third-order valence-corrected chi connectivity index (χ3v) is 10.8. The van der Waals surface area contributed by atoms with Gasteiger partial charge in [0.25, 0.3) is 0 Å². The summed E-state index contributed by atoms with van der Waals surface area (Å²) in [7, 11) is -4.12. The lowest BCUT2D eigenvalue weighted by Gasteiger charge is -2.38. The van der Waals surface area contributed by atoms with Crippen molar-refractivity contribution in [1.82, 2.24) is 15.6 Å². The molecule has 3 aromatic carbocycles. The van der Waals surface area contributed by atoms with Crippen molar-refractivity contribution in [1.29, 1.82) is 0 Å². The van der Waals surface area contributed by atoms with Crippen LogP contribution in [0.3, 0.4) is 0 Å². The van der Waals surface area contributed by atoms with Crippen LogP contribution < -0.4 is 16.0 Å². The summed E-state index contributed by atoms with van der Waals surface area (Å²) in [6.07, 6.45) is -3.29. The summed E-state index contributed by atoms with van der Waals surface area (Å²) in [6, 6.07) is 11.6. The SMILES string of the molecule is O=C(C[C@@H](c1ccc(F)cc1)c1cc(F)cc(F)c1)Nc1cncc(F)c1CC[C@]1(S(=O)(=O)Cc2ccc(C(F)(F)F)cc2)CNCCN1. The maximum absolute atomic E-state index is 15.3. The molecule has 49 heavy (non-hydrogen) atoms. The number of halogens is 7. The molecular weight excluding hydrogens is 677 g/mol. The first kappa shape index (κ1) is 36.0. The van der Waals surface area contributed by atoms with Gasteiger partial charge in [-0.25, -0.2) is 26.0 Å². The van der Waals surface area contributed by atoms with E-state index in [0.717, 1.165) is 54.7 Å². The third kappa shape index (κ3) is 8.64. The molecule has 1 amide bonds. The Balaban J connectivity index is 1.37. The summed E-state index contributed by atoms with van der Waals surface area (Å²) in [5.41, 5.74) is -0.419. The largest absolute Gasteiger partial charge is 0.416 e. The molecule has 1 aliphatic rings. The molecule has 0 saturated carbocycles. The molecule has 3 N–H and O–H groups in total. The number of benzene rings is 3. The molecule has 2 heterocycles. The third-order valence-electron chi connectivity index (χ3n) is 8.40. The number of amides is 1.